The molecular weight excluding hydrogens is 502 g/mol. The average molecular weight is 546 g/mol. The minimum atomic E-state index is 0.278. The van der Waals surface area contributed by atoms with Gasteiger partial charge in [0.05, 0.1) is 5.52 Å². The van der Waals surface area contributed by atoms with Crippen LogP contribution in [0.25, 0.3) is 23.1 Å². The Morgan fingerprint density at radius 3 is 2.12 bits per heavy atom. The third-order valence-corrected chi connectivity index (χ3v) is 8.24. The smallest absolute Gasteiger partial charge is 0.157 e. The zero-order valence-corrected chi connectivity index (χ0v) is 24.6. The van der Waals surface area contributed by atoms with Gasteiger partial charge in [0.1, 0.15) is 11.4 Å². The molecule has 1 aliphatic rings. The van der Waals surface area contributed by atoms with E-state index in [1.807, 2.05) is 12.1 Å². The molecule has 0 bridgehead atoms. The van der Waals surface area contributed by atoms with Gasteiger partial charge in [-0.05, 0) is 79.1 Å². The molecule has 4 nitrogen and oxygen atoms in total. The number of nitrogens with zero attached hydrogens (tertiary/aromatic N) is 2. The first-order chi connectivity index (χ1) is 20.1. The number of aliphatic imine (C=N–C) groups is 1. The third-order valence-electron chi connectivity index (χ3n) is 8.24. The molecule has 1 aliphatic carbocycles. The number of pyridine rings is 1. The summed E-state index contributed by atoms with van der Waals surface area (Å²) in [5, 5.41) is 14.3. The number of rotatable bonds is 8. The molecule has 1 saturated carbocycles. The fraction of sp³-hybridized carbons (Fsp3) is 0.351. The Kier molecular flexibility index (Phi) is 9.85. The van der Waals surface area contributed by atoms with Crippen LogP contribution in [0, 0.1) is 12.8 Å². The van der Waals surface area contributed by atoms with Gasteiger partial charge < -0.3 is 10.4 Å². The zero-order chi connectivity index (χ0) is 28.4. The molecule has 4 heteroatoms. The van der Waals surface area contributed by atoms with Crippen molar-refractivity contribution in [2.45, 2.75) is 78.1 Å². The summed E-state index contributed by atoms with van der Waals surface area (Å²) < 4.78 is 0. The molecule has 2 N–H and O–H groups in total. The van der Waals surface area contributed by atoms with Crippen molar-refractivity contribution in [1.82, 2.24) is 4.98 Å². The highest BCUT2D eigenvalue weighted by Crippen LogP contribution is 2.37. The number of anilines is 2. The van der Waals surface area contributed by atoms with E-state index < -0.39 is 0 Å². The normalized spacial score (nSPS) is 15.5. The number of para-hydroxylation sites is 1. The topological polar surface area (TPSA) is 57.5 Å². The predicted molar refractivity (Wildman–Crippen MR) is 176 cm³/mol. The molecule has 0 saturated heterocycles. The quantitative estimate of drug-likeness (QED) is 0.171. The Morgan fingerprint density at radius 2 is 1.46 bits per heavy atom. The second-order valence-electron chi connectivity index (χ2n) is 11.4. The Morgan fingerprint density at radius 1 is 0.854 bits per heavy atom. The molecule has 0 unspecified atom stereocenters. The van der Waals surface area contributed by atoms with Crippen LogP contribution >= 0.6 is 0 Å². The molecule has 0 radical (unpaired) electrons. The Hall–Kier alpha value is -3.92. The number of nitrogens with one attached hydrogen (secondary N) is 1. The van der Waals surface area contributed by atoms with Crippen molar-refractivity contribution < 1.29 is 5.11 Å². The molecule has 1 heterocycles. The van der Waals surface area contributed by atoms with E-state index >= 15 is 0 Å². The van der Waals surface area contributed by atoms with Gasteiger partial charge >= 0.3 is 0 Å². The summed E-state index contributed by atoms with van der Waals surface area (Å²) in [5.74, 6) is 1.66. The van der Waals surface area contributed by atoms with Crippen molar-refractivity contribution in [2.75, 3.05) is 5.32 Å². The molecule has 3 aromatic carbocycles. The lowest BCUT2D eigenvalue weighted by molar-refractivity contribution is 0.475. The number of aromatic nitrogens is 1. The van der Waals surface area contributed by atoms with E-state index in [4.69, 9.17) is 9.98 Å². The van der Waals surface area contributed by atoms with Crippen molar-refractivity contribution in [1.29, 1.82) is 0 Å². The van der Waals surface area contributed by atoms with E-state index in [1.165, 1.54) is 62.6 Å². The van der Waals surface area contributed by atoms with Crippen LogP contribution in [0.5, 0.6) is 5.75 Å². The molecule has 1 aromatic heterocycles. The highest BCUT2D eigenvalue weighted by Gasteiger charge is 2.19. The fourth-order valence-electron chi connectivity index (χ4n) is 5.90. The van der Waals surface area contributed by atoms with Crippen molar-refractivity contribution in [2.24, 2.45) is 10.9 Å². The average Bonchev–Trinajstić information content (AvgIpc) is 3.13. The van der Waals surface area contributed by atoms with Crippen LogP contribution in [0.1, 0.15) is 87.8 Å². The van der Waals surface area contributed by atoms with Gasteiger partial charge in [0.15, 0.2) is 5.82 Å². The maximum atomic E-state index is 9.52. The molecule has 212 valence electrons. The van der Waals surface area contributed by atoms with Gasteiger partial charge in [0, 0.05) is 16.8 Å². The summed E-state index contributed by atoms with van der Waals surface area (Å²) >= 11 is 0. The summed E-state index contributed by atoms with van der Waals surface area (Å²) in [7, 11) is 0. The Balaban J connectivity index is 1.46. The van der Waals surface area contributed by atoms with E-state index in [0.29, 0.717) is 5.92 Å². The lowest BCUT2D eigenvalue weighted by atomic mass is 9.89. The predicted octanol–water partition coefficient (Wildman–Crippen LogP) is 10.8. The van der Waals surface area contributed by atoms with Crippen LogP contribution in [0.4, 0.5) is 17.2 Å². The molecule has 41 heavy (non-hydrogen) atoms. The Labute approximate surface area is 245 Å². The summed E-state index contributed by atoms with van der Waals surface area (Å²) in [5.41, 5.74) is 7.64. The van der Waals surface area contributed by atoms with Crippen LogP contribution in [-0.2, 0) is 0 Å². The first-order valence-corrected chi connectivity index (χ1v) is 15.4. The molecule has 0 aliphatic heterocycles. The molecule has 1 fully saturated rings. The van der Waals surface area contributed by atoms with E-state index in [2.05, 4.69) is 79.8 Å². The van der Waals surface area contributed by atoms with E-state index in [-0.39, 0.29) is 5.75 Å². The largest absolute Gasteiger partial charge is 0.508 e. The minimum Gasteiger partial charge on any atom is -0.508 e. The van der Waals surface area contributed by atoms with Crippen molar-refractivity contribution in [3.8, 4) is 5.75 Å². The molecule has 4 aromatic rings. The van der Waals surface area contributed by atoms with Crippen LogP contribution in [-0.4, -0.2) is 15.8 Å². The van der Waals surface area contributed by atoms with Gasteiger partial charge in [-0.2, -0.15) is 0 Å². The highest BCUT2D eigenvalue weighted by molar-refractivity contribution is 5.96. The number of hydrogen-bond donors (Lipinski definition) is 2. The van der Waals surface area contributed by atoms with Gasteiger partial charge in [0.2, 0.25) is 0 Å². The number of fused-ring (bicyclic) bond motifs is 1. The van der Waals surface area contributed by atoms with Gasteiger partial charge in [0.25, 0.3) is 0 Å². The number of hydrogen-bond acceptors (Lipinski definition) is 4. The number of phenolic OH excluding ortho intramolecular Hbond substituents is 1. The summed E-state index contributed by atoms with van der Waals surface area (Å²) in [6, 6.07) is 24.0. The fourth-order valence-corrected chi connectivity index (χ4v) is 5.90. The summed E-state index contributed by atoms with van der Waals surface area (Å²) in [6.45, 7) is 4.46. The SMILES string of the molecule is CCC/C(=N\c1c(Nc2ccc(/C=C/c3ccc(O)cc3)cc2)nc2ccccc2c1C)C1CCCCCCCC1. The number of aryl methyl sites for hydroxylation is 1. The zero-order valence-electron chi connectivity index (χ0n) is 24.6. The second kappa shape index (κ2) is 14.1. The van der Waals surface area contributed by atoms with Crippen LogP contribution in [0.15, 0.2) is 77.8 Å². The second-order valence-corrected chi connectivity index (χ2v) is 11.4. The van der Waals surface area contributed by atoms with Gasteiger partial charge in [-0.3, -0.25) is 4.99 Å². The maximum absolute atomic E-state index is 9.52. The summed E-state index contributed by atoms with van der Waals surface area (Å²) in [6.07, 6.45) is 16.8. The lowest BCUT2D eigenvalue weighted by Gasteiger charge is -2.21. The van der Waals surface area contributed by atoms with E-state index in [9.17, 15) is 5.11 Å². The number of phenols is 1. The van der Waals surface area contributed by atoms with Crippen LogP contribution in [0.3, 0.4) is 0 Å². The first-order valence-electron chi connectivity index (χ1n) is 15.4. The highest BCUT2D eigenvalue weighted by atomic mass is 16.3. The third kappa shape index (κ3) is 7.64. The molecule has 0 amide bonds. The molecule has 5 rings (SSSR count). The lowest BCUT2D eigenvalue weighted by Crippen LogP contribution is -2.15. The van der Waals surface area contributed by atoms with Crippen molar-refractivity contribution in [3.05, 3.63) is 89.5 Å². The molecule has 0 atom stereocenters. The van der Waals surface area contributed by atoms with Crippen molar-refractivity contribution >= 4 is 46.0 Å². The minimum absolute atomic E-state index is 0.278. The van der Waals surface area contributed by atoms with Crippen molar-refractivity contribution in [3.63, 3.8) is 0 Å². The number of aromatic hydroxyl groups is 1. The maximum Gasteiger partial charge on any atom is 0.157 e. The Bertz CT molecular complexity index is 1480. The van der Waals surface area contributed by atoms with Gasteiger partial charge in [-0.25, -0.2) is 4.98 Å². The van der Waals surface area contributed by atoms with Gasteiger partial charge in [-0.1, -0.05) is 106 Å². The monoisotopic (exact) mass is 545 g/mol. The first kappa shape index (κ1) is 28.6. The van der Waals surface area contributed by atoms with E-state index in [0.717, 1.165) is 52.1 Å². The van der Waals surface area contributed by atoms with Gasteiger partial charge in [-0.15, -0.1) is 0 Å². The molecular formula is C37H43N3O. The van der Waals surface area contributed by atoms with Crippen LogP contribution in [0.2, 0.25) is 0 Å². The summed E-state index contributed by atoms with van der Waals surface area (Å²) in [4.78, 5) is 10.6. The van der Waals surface area contributed by atoms with Crippen LogP contribution < -0.4 is 5.32 Å². The standard InChI is InChI=1S/C37H43N3O/c1-3-12-34(30-13-8-6-4-5-7-9-14-30)39-36-27(2)33-15-10-11-16-35(33)40-37(36)38-31-23-19-28(20-24-31)17-18-29-21-25-32(41)26-22-29/h10-11,15-26,30,41H,3-9,12-14H2,1-2H3,(H,38,40)/b18-17+,39-34+. The number of benzene rings is 3. The van der Waals surface area contributed by atoms with E-state index in [1.54, 1.807) is 12.1 Å². The molecule has 0 spiro atoms.